The van der Waals surface area contributed by atoms with Crippen LogP contribution in [-0.2, 0) is 10.0 Å². The Morgan fingerprint density at radius 1 is 1.32 bits per heavy atom. The maximum atomic E-state index is 12.4. The Balaban J connectivity index is 0.00000180. The van der Waals surface area contributed by atoms with Gasteiger partial charge < -0.3 is 5.73 Å². The summed E-state index contributed by atoms with van der Waals surface area (Å²) in [4.78, 5) is 0.350. The fraction of sp³-hybridized carbons (Fsp3) is 0.500. The summed E-state index contributed by atoms with van der Waals surface area (Å²) in [5.41, 5.74) is 5.61. The first-order valence-electron chi connectivity index (χ1n) is 6.00. The molecule has 0 radical (unpaired) electrons. The quantitative estimate of drug-likeness (QED) is 0.888. The first-order valence-corrected chi connectivity index (χ1v) is 8.23. The molecule has 1 fully saturated rings. The van der Waals surface area contributed by atoms with Gasteiger partial charge in [0, 0.05) is 17.6 Å². The molecule has 1 aromatic carbocycles. The van der Waals surface area contributed by atoms with Gasteiger partial charge in [-0.15, -0.1) is 12.4 Å². The van der Waals surface area contributed by atoms with Crippen molar-refractivity contribution in [3.05, 3.63) is 28.7 Å². The third-order valence-electron chi connectivity index (χ3n) is 3.34. The van der Waals surface area contributed by atoms with Crippen LogP contribution in [0.15, 0.2) is 33.6 Å². The smallest absolute Gasteiger partial charge is 0.243 e. The number of hydrogen-bond donors (Lipinski definition) is 1. The zero-order valence-corrected chi connectivity index (χ0v) is 13.7. The minimum absolute atomic E-state index is 0. The molecule has 1 aliphatic heterocycles. The Kier molecular flexibility index (Phi) is 6.26. The molecule has 0 saturated carbocycles. The zero-order chi connectivity index (χ0) is 13.2. The molecule has 7 heteroatoms. The fourth-order valence-corrected chi connectivity index (χ4v) is 4.23. The molecule has 0 atom stereocenters. The lowest BCUT2D eigenvalue weighted by molar-refractivity contribution is 0.278. The van der Waals surface area contributed by atoms with Gasteiger partial charge in [-0.25, -0.2) is 8.42 Å². The maximum Gasteiger partial charge on any atom is 0.243 e. The average molecular weight is 370 g/mol. The second-order valence-electron chi connectivity index (χ2n) is 4.54. The number of hydrogen-bond acceptors (Lipinski definition) is 3. The van der Waals surface area contributed by atoms with Crippen LogP contribution < -0.4 is 5.73 Å². The molecule has 1 aromatic rings. The van der Waals surface area contributed by atoms with Crippen molar-refractivity contribution >= 4 is 38.4 Å². The molecule has 0 aliphatic carbocycles. The summed E-state index contributed by atoms with van der Waals surface area (Å²) in [5, 5.41) is 0. The van der Waals surface area contributed by atoms with E-state index in [1.807, 2.05) is 6.07 Å². The van der Waals surface area contributed by atoms with E-state index in [2.05, 4.69) is 15.9 Å². The van der Waals surface area contributed by atoms with Crippen LogP contribution in [-0.4, -0.2) is 32.4 Å². The van der Waals surface area contributed by atoms with Gasteiger partial charge >= 0.3 is 0 Å². The maximum absolute atomic E-state index is 12.4. The van der Waals surface area contributed by atoms with Gasteiger partial charge in [-0.05, 0) is 43.5 Å². The van der Waals surface area contributed by atoms with E-state index in [4.69, 9.17) is 5.73 Å². The highest BCUT2D eigenvalue weighted by atomic mass is 79.9. The number of nitrogens with zero attached hydrogens (tertiary/aromatic N) is 1. The van der Waals surface area contributed by atoms with E-state index in [1.165, 1.54) is 0 Å². The fourth-order valence-electron chi connectivity index (χ4n) is 2.16. The van der Waals surface area contributed by atoms with Crippen LogP contribution >= 0.6 is 28.3 Å². The van der Waals surface area contributed by atoms with Gasteiger partial charge in [0.05, 0.1) is 4.90 Å². The molecule has 0 amide bonds. The molecule has 4 nitrogen and oxygen atoms in total. The van der Waals surface area contributed by atoms with Gasteiger partial charge in [0.1, 0.15) is 0 Å². The first-order chi connectivity index (χ1) is 8.54. The van der Waals surface area contributed by atoms with Crippen molar-refractivity contribution in [3.63, 3.8) is 0 Å². The Morgan fingerprint density at radius 2 is 1.95 bits per heavy atom. The van der Waals surface area contributed by atoms with Gasteiger partial charge in [-0.1, -0.05) is 22.0 Å². The van der Waals surface area contributed by atoms with Crippen molar-refractivity contribution in [2.75, 3.05) is 19.6 Å². The summed E-state index contributed by atoms with van der Waals surface area (Å²) >= 11 is 3.30. The van der Waals surface area contributed by atoms with E-state index in [0.29, 0.717) is 30.4 Å². The zero-order valence-electron chi connectivity index (χ0n) is 10.5. The number of nitrogens with two attached hydrogens (primary N) is 1. The van der Waals surface area contributed by atoms with Crippen LogP contribution in [0.3, 0.4) is 0 Å². The van der Waals surface area contributed by atoms with Crippen LogP contribution in [0, 0.1) is 5.92 Å². The predicted octanol–water partition coefficient (Wildman–Crippen LogP) is 2.23. The molecular weight excluding hydrogens is 352 g/mol. The summed E-state index contributed by atoms with van der Waals surface area (Å²) in [7, 11) is -3.35. The van der Waals surface area contributed by atoms with Crippen LogP contribution in [0.25, 0.3) is 0 Å². The molecule has 0 aromatic heterocycles. The summed E-state index contributed by atoms with van der Waals surface area (Å²) in [6, 6.07) is 6.84. The van der Waals surface area contributed by atoms with Crippen molar-refractivity contribution in [1.82, 2.24) is 4.31 Å². The second kappa shape index (κ2) is 7.04. The van der Waals surface area contributed by atoms with Crippen molar-refractivity contribution in [1.29, 1.82) is 0 Å². The molecule has 0 spiro atoms. The van der Waals surface area contributed by atoms with Crippen LogP contribution in [0.1, 0.15) is 12.8 Å². The molecular formula is C12H18BrClN2O2S. The minimum Gasteiger partial charge on any atom is -0.330 e. The molecule has 0 bridgehead atoms. The topological polar surface area (TPSA) is 63.4 Å². The summed E-state index contributed by atoms with van der Waals surface area (Å²) in [6.45, 7) is 1.78. The predicted molar refractivity (Wildman–Crippen MR) is 81.9 cm³/mol. The third kappa shape index (κ3) is 3.92. The Labute approximate surface area is 128 Å². The summed E-state index contributed by atoms with van der Waals surface area (Å²) in [5.74, 6) is 0.457. The molecule has 1 heterocycles. The highest BCUT2D eigenvalue weighted by Gasteiger charge is 2.28. The van der Waals surface area contributed by atoms with Crippen molar-refractivity contribution in [3.8, 4) is 0 Å². The van der Waals surface area contributed by atoms with Crippen LogP contribution in [0.2, 0.25) is 0 Å². The Bertz CT molecular complexity index is 516. The lowest BCUT2D eigenvalue weighted by Crippen LogP contribution is -2.39. The van der Waals surface area contributed by atoms with Gasteiger partial charge in [0.2, 0.25) is 10.0 Å². The van der Waals surface area contributed by atoms with E-state index in [9.17, 15) is 8.42 Å². The number of benzene rings is 1. The minimum atomic E-state index is -3.35. The Hall–Kier alpha value is -0.140. The summed E-state index contributed by atoms with van der Waals surface area (Å²) in [6.07, 6.45) is 1.70. The van der Waals surface area contributed by atoms with E-state index in [-0.39, 0.29) is 12.4 Å². The lowest BCUT2D eigenvalue weighted by Gasteiger charge is -2.30. The number of rotatable bonds is 3. The van der Waals surface area contributed by atoms with E-state index in [0.717, 1.165) is 17.3 Å². The van der Waals surface area contributed by atoms with Crippen molar-refractivity contribution in [2.45, 2.75) is 17.7 Å². The first kappa shape index (κ1) is 16.9. The molecule has 108 valence electrons. The van der Waals surface area contributed by atoms with Crippen molar-refractivity contribution in [2.24, 2.45) is 11.7 Å². The van der Waals surface area contributed by atoms with Crippen LogP contribution in [0.5, 0.6) is 0 Å². The highest BCUT2D eigenvalue weighted by Crippen LogP contribution is 2.24. The number of sulfonamides is 1. The second-order valence-corrected chi connectivity index (χ2v) is 7.39. The SMILES string of the molecule is Cl.NCC1CCN(S(=O)(=O)c2cccc(Br)c2)CC1. The van der Waals surface area contributed by atoms with Crippen LogP contribution in [0.4, 0.5) is 0 Å². The normalized spacial score (nSPS) is 18.0. The van der Waals surface area contributed by atoms with E-state index in [1.54, 1.807) is 22.5 Å². The van der Waals surface area contributed by atoms with Crippen molar-refractivity contribution < 1.29 is 8.42 Å². The summed E-state index contributed by atoms with van der Waals surface area (Å²) < 4.78 is 27.2. The van der Waals surface area contributed by atoms with Gasteiger partial charge in [0.25, 0.3) is 0 Å². The van der Waals surface area contributed by atoms with Gasteiger partial charge in [-0.2, -0.15) is 4.31 Å². The highest BCUT2D eigenvalue weighted by molar-refractivity contribution is 9.10. The molecule has 2 N–H and O–H groups in total. The standard InChI is InChI=1S/C12H17BrN2O2S.ClH/c13-11-2-1-3-12(8-11)18(16,17)15-6-4-10(9-14)5-7-15;/h1-3,8,10H,4-7,9,14H2;1H. The molecule has 1 aliphatic rings. The molecule has 19 heavy (non-hydrogen) atoms. The molecule has 1 saturated heterocycles. The third-order valence-corrected chi connectivity index (χ3v) is 5.73. The largest absolute Gasteiger partial charge is 0.330 e. The van der Waals surface area contributed by atoms with E-state index < -0.39 is 10.0 Å². The molecule has 0 unspecified atom stereocenters. The van der Waals surface area contributed by atoms with Gasteiger partial charge in [-0.3, -0.25) is 0 Å². The van der Waals surface area contributed by atoms with Gasteiger partial charge in [0.15, 0.2) is 0 Å². The average Bonchev–Trinajstić information content (AvgIpc) is 2.39. The Morgan fingerprint density at radius 3 is 2.47 bits per heavy atom. The molecule has 2 rings (SSSR count). The monoisotopic (exact) mass is 368 g/mol. The van der Waals surface area contributed by atoms with E-state index >= 15 is 0 Å². The number of piperidine rings is 1. The number of halogens is 2. The lowest BCUT2D eigenvalue weighted by atomic mass is 9.99.